The van der Waals surface area contributed by atoms with Crippen LogP contribution in [-0.4, -0.2) is 55.7 Å². The van der Waals surface area contributed by atoms with Gasteiger partial charge in [0.15, 0.2) is 0 Å². The first-order chi connectivity index (χ1) is 15.6. The molecule has 0 bridgehead atoms. The van der Waals surface area contributed by atoms with Gasteiger partial charge in [-0.25, -0.2) is 0 Å². The molecule has 6 heteroatoms. The van der Waals surface area contributed by atoms with Crippen LogP contribution in [0, 0.1) is 5.92 Å². The summed E-state index contributed by atoms with van der Waals surface area (Å²) in [6, 6.07) is 14.7. The molecule has 0 N–H and O–H groups in total. The fraction of sp³-hybridized carbons (Fsp3) is 0.500. The van der Waals surface area contributed by atoms with E-state index in [1.807, 2.05) is 24.3 Å². The Morgan fingerprint density at radius 3 is 2.75 bits per heavy atom. The Hall–Kier alpha value is -2.57. The second-order valence-electron chi connectivity index (χ2n) is 9.21. The maximum atomic E-state index is 13.8. The van der Waals surface area contributed by atoms with Gasteiger partial charge in [0.05, 0.1) is 20.8 Å². The minimum Gasteiger partial charge on any atom is -0.497 e. The molecule has 0 saturated carbocycles. The van der Waals surface area contributed by atoms with Crippen molar-refractivity contribution >= 4 is 5.91 Å². The predicted molar refractivity (Wildman–Crippen MR) is 122 cm³/mol. The van der Waals surface area contributed by atoms with Gasteiger partial charge in [-0.2, -0.15) is 0 Å². The van der Waals surface area contributed by atoms with E-state index in [0.717, 1.165) is 55.0 Å². The van der Waals surface area contributed by atoms with Crippen molar-refractivity contribution in [3.63, 3.8) is 0 Å². The van der Waals surface area contributed by atoms with Gasteiger partial charge in [-0.15, -0.1) is 0 Å². The lowest BCUT2D eigenvalue weighted by Crippen LogP contribution is -2.49. The Bertz CT molecular complexity index is 1010. The summed E-state index contributed by atoms with van der Waals surface area (Å²) < 4.78 is 16.3. The third kappa shape index (κ3) is 3.28. The quantitative estimate of drug-likeness (QED) is 0.661. The van der Waals surface area contributed by atoms with Crippen LogP contribution < -0.4 is 9.47 Å². The Labute approximate surface area is 190 Å². The van der Waals surface area contributed by atoms with Crippen molar-refractivity contribution < 1.29 is 19.0 Å². The second kappa shape index (κ2) is 8.41. The molecular weight excluding hydrogens is 404 g/mol. The Morgan fingerprint density at radius 2 is 1.97 bits per heavy atom. The maximum absolute atomic E-state index is 13.8. The molecule has 1 spiro atoms. The zero-order chi connectivity index (χ0) is 22.3. The number of amides is 1. The summed E-state index contributed by atoms with van der Waals surface area (Å²) in [5.41, 5.74) is 3.10. The molecular formula is C26H32N2O4. The van der Waals surface area contributed by atoms with Crippen LogP contribution in [-0.2, 0) is 22.7 Å². The first kappa shape index (κ1) is 21.3. The van der Waals surface area contributed by atoms with Gasteiger partial charge in [-0.1, -0.05) is 18.2 Å². The van der Waals surface area contributed by atoms with Crippen molar-refractivity contribution in [2.75, 3.05) is 34.4 Å². The van der Waals surface area contributed by atoms with E-state index in [-0.39, 0.29) is 11.6 Å². The van der Waals surface area contributed by atoms with E-state index >= 15 is 0 Å². The van der Waals surface area contributed by atoms with E-state index in [1.165, 1.54) is 5.56 Å². The summed E-state index contributed by atoms with van der Waals surface area (Å²) in [6.45, 7) is 2.97. The summed E-state index contributed by atoms with van der Waals surface area (Å²) in [4.78, 5) is 18.4. The van der Waals surface area contributed by atoms with Crippen molar-refractivity contribution in [2.45, 2.75) is 44.0 Å². The lowest BCUT2D eigenvalue weighted by molar-refractivity contribution is -0.137. The van der Waals surface area contributed by atoms with Crippen molar-refractivity contribution in [3.05, 3.63) is 59.2 Å². The fourth-order valence-corrected chi connectivity index (χ4v) is 6.30. The molecule has 170 valence electrons. The maximum Gasteiger partial charge on any atom is 0.243 e. The molecule has 0 radical (unpaired) electrons. The van der Waals surface area contributed by atoms with E-state index in [1.54, 1.807) is 21.3 Å². The van der Waals surface area contributed by atoms with Gasteiger partial charge in [0.25, 0.3) is 0 Å². The molecule has 3 aliphatic heterocycles. The molecule has 3 atom stereocenters. The molecule has 32 heavy (non-hydrogen) atoms. The van der Waals surface area contributed by atoms with Crippen LogP contribution in [0.5, 0.6) is 11.5 Å². The van der Waals surface area contributed by atoms with E-state index in [0.29, 0.717) is 25.0 Å². The molecule has 2 aromatic rings. The molecule has 2 aromatic carbocycles. The number of nitrogens with zero attached hydrogens (tertiary/aromatic N) is 2. The average Bonchev–Trinajstić information content (AvgIpc) is 3.44. The lowest BCUT2D eigenvalue weighted by Gasteiger charge is -2.34. The number of ether oxygens (including phenoxy) is 3. The number of hydrogen-bond acceptors (Lipinski definition) is 5. The molecule has 5 rings (SSSR count). The minimum absolute atomic E-state index is 0.270. The van der Waals surface area contributed by atoms with Gasteiger partial charge in [0, 0.05) is 37.7 Å². The fourth-order valence-electron chi connectivity index (χ4n) is 6.30. The average molecular weight is 437 g/mol. The van der Waals surface area contributed by atoms with Gasteiger partial charge in [0.2, 0.25) is 5.91 Å². The molecule has 3 aliphatic rings. The number of benzene rings is 2. The topological polar surface area (TPSA) is 51.2 Å². The van der Waals surface area contributed by atoms with Crippen LogP contribution in [0.25, 0.3) is 0 Å². The van der Waals surface area contributed by atoms with Gasteiger partial charge in [-0.3, -0.25) is 9.69 Å². The minimum atomic E-state index is -0.342. The van der Waals surface area contributed by atoms with E-state index < -0.39 is 0 Å². The first-order valence-corrected chi connectivity index (χ1v) is 11.5. The number of carbonyl (C=O) groups excluding carboxylic acids is 1. The second-order valence-corrected chi connectivity index (χ2v) is 9.21. The smallest absolute Gasteiger partial charge is 0.243 e. The van der Waals surface area contributed by atoms with E-state index in [2.05, 4.69) is 28.0 Å². The summed E-state index contributed by atoms with van der Waals surface area (Å²) >= 11 is 0. The van der Waals surface area contributed by atoms with E-state index in [9.17, 15) is 4.79 Å². The van der Waals surface area contributed by atoms with Crippen LogP contribution >= 0.6 is 0 Å². The molecule has 3 saturated heterocycles. The van der Waals surface area contributed by atoms with E-state index in [4.69, 9.17) is 14.2 Å². The normalized spacial score (nSPS) is 27.0. The number of rotatable bonds is 7. The summed E-state index contributed by atoms with van der Waals surface area (Å²) in [5, 5.41) is 0. The van der Waals surface area contributed by atoms with Crippen LogP contribution in [0.4, 0.5) is 0 Å². The highest BCUT2D eigenvalue weighted by atomic mass is 16.5. The predicted octanol–water partition coefficient (Wildman–Crippen LogP) is 3.79. The van der Waals surface area contributed by atoms with Crippen molar-refractivity contribution in [3.8, 4) is 11.5 Å². The first-order valence-electron chi connectivity index (χ1n) is 11.5. The van der Waals surface area contributed by atoms with Crippen molar-refractivity contribution in [2.24, 2.45) is 5.92 Å². The summed E-state index contributed by atoms with van der Waals surface area (Å²) in [5.74, 6) is 2.35. The highest BCUT2D eigenvalue weighted by Crippen LogP contribution is 2.56. The number of methoxy groups -OCH3 is 3. The number of carbonyl (C=O) groups is 1. The number of likely N-dealkylation sites (tertiary alicyclic amines) is 1. The van der Waals surface area contributed by atoms with Gasteiger partial charge in [-0.05, 0) is 61.2 Å². The molecule has 3 fully saturated rings. The Kier molecular flexibility index (Phi) is 5.59. The molecule has 6 nitrogen and oxygen atoms in total. The standard InChI is InChI=1S/C26H32N2O4/c1-30-17-20-13-19(8-9-24(20)32-3)23-14-21-16-27(15-18-6-4-7-22(12-18)31-2)25(29)26(21)10-5-11-28(23)26/h4,6-9,12-13,21,23H,5,10-11,14-17H2,1-3H3/t21-,23-,26-/m0/s1. The SMILES string of the molecule is COCc1cc([C@@H]2C[C@H]3CN(Cc4cccc(OC)c4)C(=O)[C@]34CCCN24)ccc1OC. The molecule has 0 unspecified atom stereocenters. The zero-order valence-corrected chi connectivity index (χ0v) is 19.2. The van der Waals surface area contributed by atoms with Crippen molar-refractivity contribution in [1.29, 1.82) is 0 Å². The molecule has 0 aliphatic carbocycles. The third-order valence-corrected chi connectivity index (χ3v) is 7.62. The Balaban J connectivity index is 1.40. The zero-order valence-electron chi connectivity index (χ0n) is 19.2. The lowest BCUT2D eigenvalue weighted by atomic mass is 9.85. The summed E-state index contributed by atoms with van der Waals surface area (Å²) in [6.07, 6.45) is 3.05. The van der Waals surface area contributed by atoms with Crippen LogP contribution in [0.2, 0.25) is 0 Å². The number of hydrogen-bond donors (Lipinski definition) is 0. The van der Waals surface area contributed by atoms with Crippen molar-refractivity contribution in [1.82, 2.24) is 9.80 Å². The highest BCUT2D eigenvalue weighted by molar-refractivity contribution is 5.90. The van der Waals surface area contributed by atoms with Gasteiger partial charge in [0.1, 0.15) is 17.0 Å². The molecule has 0 aromatic heterocycles. The molecule has 3 heterocycles. The Morgan fingerprint density at radius 1 is 1.09 bits per heavy atom. The van der Waals surface area contributed by atoms with Crippen LogP contribution in [0.1, 0.15) is 42.0 Å². The summed E-state index contributed by atoms with van der Waals surface area (Å²) in [7, 11) is 5.08. The monoisotopic (exact) mass is 436 g/mol. The molecule has 1 amide bonds. The largest absolute Gasteiger partial charge is 0.497 e. The third-order valence-electron chi connectivity index (χ3n) is 7.62. The van der Waals surface area contributed by atoms with Gasteiger partial charge >= 0.3 is 0 Å². The highest BCUT2D eigenvalue weighted by Gasteiger charge is 2.65. The van der Waals surface area contributed by atoms with Gasteiger partial charge < -0.3 is 19.1 Å². The van der Waals surface area contributed by atoms with Crippen LogP contribution in [0.3, 0.4) is 0 Å². The van der Waals surface area contributed by atoms with Crippen LogP contribution in [0.15, 0.2) is 42.5 Å².